The zero-order valence-corrected chi connectivity index (χ0v) is 11.5. The predicted octanol–water partition coefficient (Wildman–Crippen LogP) is 1.92. The summed E-state index contributed by atoms with van der Waals surface area (Å²) in [6, 6.07) is 14.2. The first-order valence-electron chi connectivity index (χ1n) is 7.28. The van der Waals surface area contributed by atoms with Crippen LogP contribution in [0.15, 0.2) is 53.1 Å². The van der Waals surface area contributed by atoms with Crippen molar-refractivity contribution in [1.82, 2.24) is 0 Å². The van der Waals surface area contributed by atoms with Gasteiger partial charge in [-0.3, -0.25) is 4.79 Å². The van der Waals surface area contributed by atoms with Gasteiger partial charge in [-0.2, -0.15) is 0 Å². The van der Waals surface area contributed by atoms with Gasteiger partial charge in [-0.1, -0.05) is 30.3 Å². The quantitative estimate of drug-likeness (QED) is 0.842. The molecule has 0 bridgehead atoms. The summed E-state index contributed by atoms with van der Waals surface area (Å²) in [5.41, 5.74) is 1.43. The number of carbonyl (C=O) groups is 1. The summed E-state index contributed by atoms with van der Waals surface area (Å²) in [7, 11) is 0. The highest BCUT2D eigenvalue weighted by Gasteiger charge is 2.27. The van der Waals surface area contributed by atoms with E-state index in [9.17, 15) is 4.79 Å². The van der Waals surface area contributed by atoms with Crippen molar-refractivity contribution in [2.24, 2.45) is 0 Å². The molecule has 0 aliphatic carbocycles. The second-order valence-corrected chi connectivity index (χ2v) is 5.50. The number of quaternary nitrogens is 1. The molecule has 0 spiro atoms. The molecule has 1 aliphatic heterocycles. The van der Waals surface area contributed by atoms with Crippen molar-refractivity contribution in [3.63, 3.8) is 0 Å². The third-order valence-electron chi connectivity index (χ3n) is 4.15. The number of rotatable bonds is 5. The van der Waals surface area contributed by atoms with Gasteiger partial charge in [0.2, 0.25) is 5.78 Å². The predicted molar refractivity (Wildman–Crippen MR) is 77.0 cm³/mol. The Morgan fingerprint density at radius 1 is 1.20 bits per heavy atom. The molecule has 1 fully saturated rings. The molecular weight excluding hydrogens is 250 g/mol. The van der Waals surface area contributed by atoms with Crippen LogP contribution in [0.25, 0.3) is 0 Å². The summed E-state index contributed by atoms with van der Waals surface area (Å²) in [6.45, 7) is 3.20. The van der Waals surface area contributed by atoms with Crippen molar-refractivity contribution in [3.05, 3.63) is 60.1 Å². The highest BCUT2D eigenvalue weighted by molar-refractivity contribution is 5.93. The standard InChI is InChI=1S/C17H19NO2/c19-16(17-7-4-12-20-17)9-11-18-10-8-15(13-18)14-5-2-1-3-6-14/h1-7,12,15H,8-11,13H2/p+1/t15-/m1/s1. The number of nitrogens with one attached hydrogen (secondary N) is 1. The summed E-state index contributed by atoms with van der Waals surface area (Å²) in [6.07, 6.45) is 3.35. The van der Waals surface area contributed by atoms with Crippen molar-refractivity contribution in [3.8, 4) is 0 Å². The van der Waals surface area contributed by atoms with Crippen LogP contribution in [-0.4, -0.2) is 25.4 Å². The Morgan fingerprint density at radius 3 is 2.80 bits per heavy atom. The fourth-order valence-electron chi connectivity index (χ4n) is 3.02. The molecular formula is C17H20NO2+. The van der Waals surface area contributed by atoms with Gasteiger partial charge >= 0.3 is 0 Å². The van der Waals surface area contributed by atoms with Crippen LogP contribution in [0.2, 0.25) is 0 Å². The number of likely N-dealkylation sites (tertiary alicyclic amines) is 1. The first-order chi connectivity index (χ1) is 9.83. The summed E-state index contributed by atoms with van der Waals surface area (Å²) in [5, 5.41) is 0. The van der Waals surface area contributed by atoms with Crippen LogP contribution in [0.5, 0.6) is 0 Å². The lowest BCUT2D eigenvalue weighted by atomic mass is 9.99. The van der Waals surface area contributed by atoms with E-state index < -0.39 is 0 Å². The van der Waals surface area contributed by atoms with Crippen LogP contribution in [0.3, 0.4) is 0 Å². The van der Waals surface area contributed by atoms with Crippen LogP contribution in [0.4, 0.5) is 0 Å². The molecule has 1 aromatic carbocycles. The molecule has 1 unspecified atom stereocenters. The van der Waals surface area contributed by atoms with Gasteiger partial charge in [0.25, 0.3) is 0 Å². The molecule has 2 heterocycles. The van der Waals surface area contributed by atoms with Gasteiger partial charge in [-0.25, -0.2) is 0 Å². The van der Waals surface area contributed by atoms with Crippen molar-refractivity contribution in [2.45, 2.75) is 18.8 Å². The maximum atomic E-state index is 11.9. The summed E-state index contributed by atoms with van der Waals surface area (Å²) in [4.78, 5) is 13.4. The van der Waals surface area contributed by atoms with Crippen LogP contribution < -0.4 is 4.90 Å². The van der Waals surface area contributed by atoms with Gasteiger partial charge in [-0.05, 0) is 17.7 Å². The summed E-state index contributed by atoms with van der Waals surface area (Å²) in [5.74, 6) is 1.25. The van der Waals surface area contributed by atoms with E-state index in [-0.39, 0.29) is 5.78 Å². The second-order valence-electron chi connectivity index (χ2n) is 5.50. The van der Waals surface area contributed by atoms with Gasteiger partial charge in [0.1, 0.15) is 0 Å². The molecule has 3 rings (SSSR count). The van der Waals surface area contributed by atoms with Crippen molar-refractivity contribution in [2.75, 3.05) is 19.6 Å². The summed E-state index contributed by atoms with van der Waals surface area (Å²) < 4.78 is 5.14. The van der Waals surface area contributed by atoms with E-state index in [1.165, 1.54) is 16.9 Å². The van der Waals surface area contributed by atoms with Crippen molar-refractivity contribution in [1.29, 1.82) is 0 Å². The topological polar surface area (TPSA) is 34.7 Å². The second kappa shape index (κ2) is 6.06. The molecule has 2 aromatic rings. The highest BCUT2D eigenvalue weighted by Crippen LogP contribution is 2.19. The minimum absolute atomic E-state index is 0.116. The molecule has 1 aliphatic rings. The lowest BCUT2D eigenvalue weighted by Crippen LogP contribution is -3.10. The maximum Gasteiger partial charge on any atom is 0.203 e. The zero-order chi connectivity index (χ0) is 13.8. The van der Waals surface area contributed by atoms with Crippen LogP contribution >= 0.6 is 0 Å². The Morgan fingerprint density at radius 2 is 2.05 bits per heavy atom. The van der Waals surface area contributed by atoms with Gasteiger partial charge in [0, 0.05) is 12.3 Å². The Bertz CT molecular complexity index is 548. The molecule has 1 saturated heterocycles. The van der Waals surface area contributed by atoms with Crippen molar-refractivity contribution >= 4 is 5.78 Å². The fourth-order valence-corrected chi connectivity index (χ4v) is 3.02. The summed E-state index contributed by atoms with van der Waals surface area (Å²) >= 11 is 0. The average Bonchev–Trinajstić information content (AvgIpc) is 3.17. The smallest absolute Gasteiger partial charge is 0.203 e. The number of carbonyl (C=O) groups excluding carboxylic acids is 1. The molecule has 20 heavy (non-hydrogen) atoms. The zero-order valence-electron chi connectivity index (χ0n) is 11.5. The molecule has 0 amide bonds. The Balaban J connectivity index is 1.50. The first-order valence-corrected chi connectivity index (χ1v) is 7.28. The van der Waals surface area contributed by atoms with Crippen LogP contribution in [0, 0.1) is 0 Å². The normalized spacial score (nSPS) is 22.0. The lowest BCUT2D eigenvalue weighted by molar-refractivity contribution is -0.887. The number of hydrogen-bond donors (Lipinski definition) is 1. The van der Waals surface area contributed by atoms with E-state index in [0.717, 1.165) is 19.6 Å². The number of Topliss-reactive ketones (excluding diaryl/α,β-unsaturated/α-hetero) is 1. The molecule has 1 N–H and O–H groups in total. The van der Waals surface area contributed by atoms with Crippen LogP contribution in [-0.2, 0) is 0 Å². The third kappa shape index (κ3) is 2.99. The lowest BCUT2D eigenvalue weighted by Gasteiger charge is -2.12. The van der Waals surface area contributed by atoms with Gasteiger partial charge in [-0.15, -0.1) is 0 Å². The minimum atomic E-state index is 0.116. The van der Waals surface area contributed by atoms with Gasteiger partial charge < -0.3 is 9.32 Å². The maximum absolute atomic E-state index is 11.9. The van der Waals surface area contributed by atoms with E-state index >= 15 is 0 Å². The Kier molecular flexibility index (Phi) is 3.97. The Labute approximate surface area is 119 Å². The number of furan rings is 1. The third-order valence-corrected chi connectivity index (χ3v) is 4.15. The number of ketones is 1. The average molecular weight is 270 g/mol. The van der Waals surface area contributed by atoms with Gasteiger partial charge in [0.15, 0.2) is 5.76 Å². The molecule has 2 atom stereocenters. The van der Waals surface area contributed by atoms with Gasteiger partial charge in [0.05, 0.1) is 32.3 Å². The molecule has 104 valence electrons. The van der Waals surface area contributed by atoms with Crippen molar-refractivity contribution < 1.29 is 14.1 Å². The largest absolute Gasteiger partial charge is 0.461 e. The van der Waals surface area contributed by atoms with E-state index in [1.54, 1.807) is 18.4 Å². The fraction of sp³-hybridized carbons (Fsp3) is 0.353. The van der Waals surface area contributed by atoms with E-state index in [0.29, 0.717) is 18.1 Å². The Hall–Kier alpha value is -1.87. The highest BCUT2D eigenvalue weighted by atomic mass is 16.3. The SMILES string of the molecule is O=C(CC[NH+]1CC[C@@H](c2ccccc2)C1)c1ccco1. The monoisotopic (exact) mass is 270 g/mol. The number of benzene rings is 1. The van der Waals surface area contributed by atoms with E-state index in [4.69, 9.17) is 4.42 Å². The number of hydrogen-bond acceptors (Lipinski definition) is 2. The molecule has 3 nitrogen and oxygen atoms in total. The van der Waals surface area contributed by atoms with E-state index in [2.05, 4.69) is 30.3 Å². The molecule has 1 aromatic heterocycles. The van der Waals surface area contributed by atoms with Crippen LogP contribution in [0.1, 0.15) is 34.9 Å². The first kappa shape index (κ1) is 13.1. The van der Waals surface area contributed by atoms with E-state index in [1.807, 2.05) is 0 Å². The minimum Gasteiger partial charge on any atom is -0.461 e. The molecule has 3 heteroatoms. The molecule has 0 saturated carbocycles. The molecule has 0 radical (unpaired) electrons.